The van der Waals surface area contributed by atoms with E-state index in [0.717, 1.165) is 40.7 Å². The first kappa shape index (κ1) is 26.6. The molecule has 1 aliphatic rings. The number of aliphatic hydroxyl groups is 1. The van der Waals surface area contributed by atoms with E-state index in [1.807, 2.05) is 107 Å². The topological polar surface area (TPSA) is 72.6 Å². The lowest BCUT2D eigenvalue weighted by Gasteiger charge is -2.27. The van der Waals surface area contributed by atoms with Crippen molar-refractivity contribution in [2.45, 2.75) is 52.1 Å². The van der Waals surface area contributed by atoms with Crippen LogP contribution in [0.2, 0.25) is 0 Å². The van der Waals surface area contributed by atoms with Crippen LogP contribution in [0.15, 0.2) is 89.5 Å². The Morgan fingerprint density at radius 1 is 1.00 bits per heavy atom. The monoisotopic (exact) mass is 521 g/mol. The zero-order chi connectivity index (χ0) is 27.6. The van der Waals surface area contributed by atoms with Gasteiger partial charge in [-0.1, -0.05) is 110 Å². The molecule has 0 aliphatic heterocycles. The summed E-state index contributed by atoms with van der Waals surface area (Å²) in [5, 5.41) is 15.7. The second kappa shape index (κ2) is 10.7. The molecular formula is C34H35NO4. The molecule has 1 atom stereocenters. The molecule has 5 heteroatoms. The van der Waals surface area contributed by atoms with Crippen LogP contribution in [-0.4, -0.2) is 22.8 Å². The molecule has 0 amide bonds. The smallest absolute Gasteiger partial charge is 0.316 e. The number of benzene rings is 3. The normalized spacial score (nSPS) is 15.3. The highest BCUT2D eigenvalue weighted by Gasteiger charge is 2.52. The van der Waals surface area contributed by atoms with Crippen molar-refractivity contribution < 1.29 is 19.2 Å². The van der Waals surface area contributed by atoms with Crippen molar-refractivity contribution >= 4 is 12.0 Å². The van der Waals surface area contributed by atoms with Gasteiger partial charge >= 0.3 is 5.97 Å². The van der Waals surface area contributed by atoms with Gasteiger partial charge in [0.05, 0.1) is 29.4 Å². The first-order chi connectivity index (χ1) is 18.7. The molecule has 5 rings (SSSR count). The summed E-state index contributed by atoms with van der Waals surface area (Å²) in [6, 6.07) is 26.3. The fourth-order valence-corrected chi connectivity index (χ4v) is 5.05. The zero-order valence-electron chi connectivity index (χ0n) is 23.0. The number of ether oxygens (including phenoxy) is 1. The number of aliphatic hydroxyl groups excluding tert-OH is 1. The summed E-state index contributed by atoms with van der Waals surface area (Å²) >= 11 is 0. The van der Waals surface area contributed by atoms with Crippen molar-refractivity contribution in [3.63, 3.8) is 0 Å². The minimum Gasteiger partial charge on any atom is -0.465 e. The lowest BCUT2D eigenvalue weighted by atomic mass is 9.80. The van der Waals surface area contributed by atoms with Crippen LogP contribution in [0.1, 0.15) is 62.1 Å². The minimum absolute atomic E-state index is 0.124. The highest BCUT2D eigenvalue weighted by molar-refractivity contribution is 5.87. The maximum absolute atomic E-state index is 12.4. The van der Waals surface area contributed by atoms with Crippen molar-refractivity contribution in [2.75, 3.05) is 6.61 Å². The van der Waals surface area contributed by atoms with Crippen molar-refractivity contribution in [3.8, 4) is 22.5 Å². The van der Waals surface area contributed by atoms with E-state index in [9.17, 15) is 9.90 Å². The van der Waals surface area contributed by atoms with Crippen LogP contribution in [-0.2, 0) is 14.9 Å². The van der Waals surface area contributed by atoms with E-state index in [1.165, 1.54) is 0 Å². The van der Waals surface area contributed by atoms with Gasteiger partial charge in [-0.25, -0.2) is 0 Å². The second-order valence-corrected chi connectivity index (χ2v) is 10.9. The Morgan fingerprint density at radius 3 is 2.18 bits per heavy atom. The van der Waals surface area contributed by atoms with Crippen LogP contribution < -0.4 is 0 Å². The molecule has 1 N–H and O–H groups in total. The summed E-state index contributed by atoms with van der Waals surface area (Å²) in [5.74, 6) is 0.453. The molecule has 0 radical (unpaired) electrons. The average Bonchev–Trinajstić information content (AvgIpc) is 3.69. The Hall–Kier alpha value is -3.96. The first-order valence-corrected chi connectivity index (χ1v) is 13.5. The summed E-state index contributed by atoms with van der Waals surface area (Å²) in [6.07, 6.45) is 4.93. The summed E-state index contributed by atoms with van der Waals surface area (Å²) in [6.45, 7) is 8.12. The molecule has 1 heterocycles. The summed E-state index contributed by atoms with van der Waals surface area (Å²) in [7, 11) is 0. The fourth-order valence-electron chi connectivity index (χ4n) is 5.05. The number of carbonyl (C=O) groups is 1. The molecule has 1 saturated carbocycles. The predicted octanol–water partition coefficient (Wildman–Crippen LogP) is 7.68. The number of hydrogen-bond donors (Lipinski definition) is 1. The van der Waals surface area contributed by atoms with E-state index in [4.69, 9.17) is 9.26 Å². The van der Waals surface area contributed by atoms with Gasteiger partial charge < -0.3 is 14.4 Å². The summed E-state index contributed by atoms with van der Waals surface area (Å²) in [4.78, 5) is 12.4. The van der Waals surface area contributed by atoms with Crippen LogP contribution in [0, 0.1) is 12.3 Å². The van der Waals surface area contributed by atoms with E-state index in [-0.39, 0.29) is 5.97 Å². The van der Waals surface area contributed by atoms with Crippen molar-refractivity contribution in [1.82, 2.24) is 5.16 Å². The maximum Gasteiger partial charge on any atom is 0.316 e. The third kappa shape index (κ3) is 5.32. The quantitative estimate of drug-likeness (QED) is 0.229. The largest absolute Gasteiger partial charge is 0.465 e. The number of hydrogen-bond acceptors (Lipinski definition) is 5. The number of carbonyl (C=O) groups excluding carboxylic acids is 1. The van der Waals surface area contributed by atoms with Gasteiger partial charge in [0.15, 0.2) is 5.76 Å². The molecule has 0 bridgehead atoms. The molecule has 39 heavy (non-hydrogen) atoms. The molecule has 1 fully saturated rings. The van der Waals surface area contributed by atoms with Crippen LogP contribution in [0.5, 0.6) is 0 Å². The Bertz CT molecular complexity index is 1460. The molecule has 3 aromatic carbocycles. The second-order valence-electron chi connectivity index (χ2n) is 10.9. The van der Waals surface area contributed by atoms with Crippen molar-refractivity contribution in [2.24, 2.45) is 5.41 Å². The van der Waals surface area contributed by atoms with Crippen molar-refractivity contribution in [3.05, 3.63) is 107 Å². The highest BCUT2D eigenvalue weighted by atomic mass is 16.5. The Balaban J connectivity index is 1.36. The van der Waals surface area contributed by atoms with E-state index >= 15 is 0 Å². The number of rotatable bonds is 9. The van der Waals surface area contributed by atoms with E-state index in [1.54, 1.807) is 0 Å². The van der Waals surface area contributed by atoms with Crippen LogP contribution in [0.4, 0.5) is 0 Å². The minimum atomic E-state index is -0.805. The van der Waals surface area contributed by atoms with E-state index in [2.05, 4.69) is 17.3 Å². The van der Waals surface area contributed by atoms with Gasteiger partial charge in [0, 0.05) is 11.0 Å². The van der Waals surface area contributed by atoms with Gasteiger partial charge in [0.25, 0.3) is 0 Å². The molecule has 0 spiro atoms. The van der Waals surface area contributed by atoms with E-state index < -0.39 is 16.9 Å². The summed E-state index contributed by atoms with van der Waals surface area (Å²) < 4.78 is 11.0. The zero-order valence-corrected chi connectivity index (χ0v) is 23.0. The molecule has 4 aromatic rings. The van der Waals surface area contributed by atoms with Crippen LogP contribution >= 0.6 is 0 Å². The molecule has 200 valence electrons. The van der Waals surface area contributed by atoms with Gasteiger partial charge in [-0.05, 0) is 48.9 Å². The Labute approximate surface area is 230 Å². The van der Waals surface area contributed by atoms with Gasteiger partial charge in [0.2, 0.25) is 0 Å². The number of nitrogens with zero attached hydrogens (tertiary/aromatic N) is 1. The predicted molar refractivity (Wildman–Crippen MR) is 154 cm³/mol. The van der Waals surface area contributed by atoms with Crippen LogP contribution in [0.25, 0.3) is 28.5 Å². The Kier molecular flexibility index (Phi) is 7.28. The van der Waals surface area contributed by atoms with Gasteiger partial charge in [-0.2, -0.15) is 0 Å². The first-order valence-electron chi connectivity index (χ1n) is 13.5. The van der Waals surface area contributed by atoms with E-state index in [0.29, 0.717) is 23.6 Å². The third-order valence-electron chi connectivity index (χ3n) is 7.73. The van der Waals surface area contributed by atoms with Crippen LogP contribution in [0.3, 0.4) is 0 Å². The number of aryl methyl sites for hydroxylation is 1. The average molecular weight is 522 g/mol. The van der Waals surface area contributed by atoms with Gasteiger partial charge in [-0.15, -0.1) is 0 Å². The maximum atomic E-state index is 12.4. The van der Waals surface area contributed by atoms with Gasteiger partial charge in [0.1, 0.15) is 0 Å². The fraction of sp³-hybridized carbons (Fsp3) is 0.294. The highest BCUT2D eigenvalue weighted by Crippen LogP contribution is 2.49. The molecule has 0 saturated heterocycles. The lowest BCUT2D eigenvalue weighted by Crippen LogP contribution is -2.23. The molecule has 1 aromatic heterocycles. The van der Waals surface area contributed by atoms with Gasteiger partial charge in [-0.3, -0.25) is 4.79 Å². The number of aromatic nitrogens is 1. The van der Waals surface area contributed by atoms with Crippen molar-refractivity contribution in [1.29, 1.82) is 0 Å². The molecule has 1 aliphatic carbocycles. The lowest BCUT2D eigenvalue weighted by molar-refractivity contribution is -0.146. The SMILES string of the molecule is CCOC(=O)C1(c2ccc(-c3ccc(-c4onc(C)c4C(O)C(C)(C)C=Cc4ccccc4)cc3)cc2)CC1. The molecular weight excluding hydrogens is 486 g/mol. The Morgan fingerprint density at radius 2 is 1.59 bits per heavy atom. The standard InChI is InChI=1S/C34H35NO4/c1-5-38-32(37)34(21-22-34)28-17-15-26(16-18-28)25-11-13-27(14-12-25)30-29(23(2)35-39-30)31(36)33(3,4)20-19-24-9-7-6-8-10-24/h6-20,31,36H,5,21-22H2,1-4H3. The molecule has 5 nitrogen and oxygen atoms in total. The third-order valence-corrected chi connectivity index (χ3v) is 7.73. The summed E-state index contributed by atoms with van der Waals surface area (Å²) in [5.41, 5.74) is 5.42. The molecule has 1 unspecified atom stereocenters. The number of esters is 1.